The third-order valence-corrected chi connectivity index (χ3v) is 2.29. The summed E-state index contributed by atoms with van der Waals surface area (Å²) in [6, 6.07) is 2.62. The van der Waals surface area contributed by atoms with Crippen LogP contribution in [0.15, 0.2) is 6.07 Å². The molecule has 0 N–H and O–H groups in total. The third kappa shape index (κ3) is 2.30. The Morgan fingerprint density at radius 3 is 2.69 bits per heavy atom. The summed E-state index contributed by atoms with van der Waals surface area (Å²) in [7, 11) is 0. The van der Waals surface area contributed by atoms with Gasteiger partial charge in [0.15, 0.2) is 5.69 Å². The molecule has 0 bridgehead atoms. The molecule has 0 aromatic carbocycles. The minimum atomic E-state index is -3.09. The number of aromatic nitrogens is 1. The van der Waals surface area contributed by atoms with E-state index in [-0.39, 0.29) is 11.0 Å². The van der Waals surface area contributed by atoms with Gasteiger partial charge in [-0.2, -0.15) is 5.26 Å². The van der Waals surface area contributed by atoms with Crippen LogP contribution in [0.1, 0.15) is 23.4 Å². The zero-order valence-corrected chi connectivity index (χ0v) is 9.24. The van der Waals surface area contributed by atoms with Crippen LogP contribution in [0.5, 0.6) is 0 Å². The van der Waals surface area contributed by atoms with Crippen molar-refractivity contribution in [2.45, 2.75) is 11.8 Å². The SMILES string of the molecule is N#Cc1cc(CBr)nc(C(F)F)c1[N+](=O)[O-]. The van der Waals surface area contributed by atoms with Gasteiger partial charge in [0.05, 0.1) is 10.6 Å². The standard InChI is InChI=1S/C8H4BrF2N3O2/c9-2-5-1-4(3-12)7(14(15)16)6(13-5)8(10)11/h1,8H,2H2. The molecule has 1 aromatic heterocycles. The molecular weight excluding hydrogens is 288 g/mol. The van der Waals surface area contributed by atoms with Gasteiger partial charge in [-0.15, -0.1) is 0 Å². The van der Waals surface area contributed by atoms with Gasteiger partial charge in [0.25, 0.3) is 6.43 Å². The molecule has 0 atom stereocenters. The van der Waals surface area contributed by atoms with Crippen molar-refractivity contribution < 1.29 is 13.7 Å². The van der Waals surface area contributed by atoms with E-state index in [1.54, 1.807) is 0 Å². The molecule has 84 valence electrons. The van der Waals surface area contributed by atoms with Crippen LogP contribution >= 0.6 is 15.9 Å². The molecule has 0 radical (unpaired) electrons. The van der Waals surface area contributed by atoms with Gasteiger partial charge < -0.3 is 0 Å². The molecule has 0 aliphatic carbocycles. The second-order valence-electron chi connectivity index (χ2n) is 2.70. The highest BCUT2D eigenvalue weighted by Gasteiger charge is 2.28. The van der Waals surface area contributed by atoms with Gasteiger partial charge in [-0.25, -0.2) is 13.8 Å². The van der Waals surface area contributed by atoms with Gasteiger partial charge in [-0.05, 0) is 6.07 Å². The number of nitrogens with zero attached hydrogens (tertiary/aromatic N) is 3. The molecule has 0 aliphatic rings. The predicted octanol–water partition coefficient (Wildman–Crippen LogP) is 2.69. The quantitative estimate of drug-likeness (QED) is 0.487. The highest BCUT2D eigenvalue weighted by atomic mass is 79.9. The molecule has 0 saturated carbocycles. The average molecular weight is 292 g/mol. The highest BCUT2D eigenvalue weighted by Crippen LogP contribution is 2.30. The minimum absolute atomic E-state index is 0.138. The van der Waals surface area contributed by atoms with Crippen LogP contribution in [0.2, 0.25) is 0 Å². The van der Waals surface area contributed by atoms with Crippen molar-refractivity contribution >= 4 is 21.6 Å². The lowest BCUT2D eigenvalue weighted by atomic mass is 10.1. The summed E-state index contributed by atoms with van der Waals surface area (Å²) in [5, 5.41) is 19.4. The Hall–Kier alpha value is -1.62. The normalized spacial score (nSPS) is 10.2. The van der Waals surface area contributed by atoms with E-state index in [1.807, 2.05) is 0 Å². The van der Waals surface area contributed by atoms with Gasteiger partial charge in [0, 0.05) is 5.33 Å². The molecule has 1 aromatic rings. The van der Waals surface area contributed by atoms with Crippen LogP contribution in [0.4, 0.5) is 14.5 Å². The summed E-state index contributed by atoms with van der Waals surface area (Å²) in [5.74, 6) is 0. The second kappa shape index (κ2) is 4.94. The van der Waals surface area contributed by atoms with Crippen molar-refractivity contribution in [3.05, 3.63) is 33.1 Å². The Balaban J connectivity index is 3.55. The van der Waals surface area contributed by atoms with Gasteiger partial charge in [-0.3, -0.25) is 10.1 Å². The van der Waals surface area contributed by atoms with E-state index in [1.165, 1.54) is 6.07 Å². The lowest BCUT2D eigenvalue weighted by Gasteiger charge is -2.04. The molecule has 16 heavy (non-hydrogen) atoms. The monoisotopic (exact) mass is 291 g/mol. The van der Waals surface area contributed by atoms with E-state index in [4.69, 9.17) is 5.26 Å². The first kappa shape index (κ1) is 12.4. The largest absolute Gasteiger partial charge is 0.314 e. The molecule has 8 heteroatoms. The first-order chi connectivity index (χ1) is 7.51. The first-order valence-electron chi connectivity index (χ1n) is 3.93. The van der Waals surface area contributed by atoms with E-state index in [2.05, 4.69) is 20.9 Å². The van der Waals surface area contributed by atoms with Crippen molar-refractivity contribution in [3.63, 3.8) is 0 Å². The predicted molar refractivity (Wildman–Crippen MR) is 53.2 cm³/mol. The molecule has 0 unspecified atom stereocenters. The van der Waals surface area contributed by atoms with Crippen LogP contribution < -0.4 is 0 Å². The maximum Gasteiger partial charge on any atom is 0.314 e. The van der Waals surface area contributed by atoms with Crippen molar-refractivity contribution in [1.29, 1.82) is 5.26 Å². The lowest BCUT2D eigenvalue weighted by Crippen LogP contribution is -2.04. The zero-order chi connectivity index (χ0) is 12.3. The molecule has 1 heterocycles. The smallest absolute Gasteiger partial charge is 0.258 e. The number of halogens is 3. The number of nitro groups is 1. The van der Waals surface area contributed by atoms with Crippen molar-refractivity contribution in [2.24, 2.45) is 0 Å². The third-order valence-electron chi connectivity index (χ3n) is 1.72. The number of hydrogen-bond donors (Lipinski definition) is 0. The number of nitriles is 1. The molecule has 0 fully saturated rings. The summed E-state index contributed by atoms with van der Waals surface area (Å²) >= 11 is 2.98. The summed E-state index contributed by atoms with van der Waals surface area (Å²) in [6.45, 7) is 0. The zero-order valence-electron chi connectivity index (χ0n) is 7.65. The maximum atomic E-state index is 12.5. The van der Waals surface area contributed by atoms with Gasteiger partial charge in [0.2, 0.25) is 0 Å². The van der Waals surface area contributed by atoms with Gasteiger partial charge >= 0.3 is 5.69 Å². The van der Waals surface area contributed by atoms with E-state index < -0.39 is 28.3 Å². The topological polar surface area (TPSA) is 79.8 Å². The van der Waals surface area contributed by atoms with E-state index >= 15 is 0 Å². The van der Waals surface area contributed by atoms with Crippen molar-refractivity contribution in [1.82, 2.24) is 4.98 Å². The fraction of sp³-hybridized carbons (Fsp3) is 0.250. The molecule has 0 aliphatic heterocycles. The number of alkyl halides is 3. The molecule has 0 spiro atoms. The highest BCUT2D eigenvalue weighted by molar-refractivity contribution is 9.08. The van der Waals surface area contributed by atoms with E-state index in [0.29, 0.717) is 0 Å². The minimum Gasteiger partial charge on any atom is -0.258 e. The van der Waals surface area contributed by atoms with Gasteiger partial charge in [0.1, 0.15) is 11.6 Å². The van der Waals surface area contributed by atoms with Crippen LogP contribution in [-0.4, -0.2) is 9.91 Å². The van der Waals surface area contributed by atoms with Crippen molar-refractivity contribution in [2.75, 3.05) is 0 Å². The number of rotatable bonds is 3. The number of pyridine rings is 1. The Kier molecular flexibility index (Phi) is 3.84. The molecular formula is C8H4BrF2N3O2. The maximum absolute atomic E-state index is 12.5. The Bertz CT molecular complexity index is 473. The Labute approximate surface area is 97.0 Å². The molecule has 0 saturated heterocycles. The number of hydrogen-bond acceptors (Lipinski definition) is 4. The fourth-order valence-electron chi connectivity index (χ4n) is 1.11. The molecule has 5 nitrogen and oxygen atoms in total. The second-order valence-corrected chi connectivity index (χ2v) is 3.26. The van der Waals surface area contributed by atoms with Crippen LogP contribution in [0.3, 0.4) is 0 Å². The first-order valence-corrected chi connectivity index (χ1v) is 5.05. The fourth-order valence-corrected chi connectivity index (χ4v) is 1.40. The van der Waals surface area contributed by atoms with Crippen molar-refractivity contribution in [3.8, 4) is 6.07 Å². The summed E-state index contributed by atoms with van der Waals surface area (Å²) in [6.07, 6.45) is -3.09. The van der Waals surface area contributed by atoms with Crippen LogP contribution in [0.25, 0.3) is 0 Å². The molecule has 0 amide bonds. The Morgan fingerprint density at radius 2 is 2.31 bits per heavy atom. The van der Waals surface area contributed by atoms with E-state index in [0.717, 1.165) is 6.07 Å². The van der Waals surface area contributed by atoms with Crippen LogP contribution in [0, 0.1) is 21.4 Å². The summed E-state index contributed by atoms with van der Waals surface area (Å²) < 4.78 is 25.1. The van der Waals surface area contributed by atoms with E-state index in [9.17, 15) is 18.9 Å². The molecule has 1 rings (SSSR count). The Morgan fingerprint density at radius 1 is 1.69 bits per heavy atom. The summed E-state index contributed by atoms with van der Waals surface area (Å²) in [5.41, 5.74) is -2.16. The average Bonchev–Trinajstić information content (AvgIpc) is 2.26. The van der Waals surface area contributed by atoms with Gasteiger partial charge in [-0.1, -0.05) is 15.9 Å². The summed E-state index contributed by atoms with van der Waals surface area (Å²) in [4.78, 5) is 13.0. The lowest BCUT2D eigenvalue weighted by molar-refractivity contribution is -0.386. The van der Waals surface area contributed by atoms with Crippen LogP contribution in [-0.2, 0) is 5.33 Å².